The maximum Gasteiger partial charge on any atom is 0.288 e. The summed E-state index contributed by atoms with van der Waals surface area (Å²) >= 11 is 5.85. The summed E-state index contributed by atoms with van der Waals surface area (Å²) in [6, 6.07) is 5.76. The Kier molecular flexibility index (Phi) is 5.54. The number of nitrogens with zero attached hydrogens (tertiary/aromatic N) is 2. The van der Waals surface area contributed by atoms with Crippen molar-refractivity contribution in [1.82, 2.24) is 14.8 Å². The first kappa shape index (κ1) is 19.4. The van der Waals surface area contributed by atoms with E-state index in [2.05, 4.69) is 10.2 Å². The highest BCUT2D eigenvalue weighted by atomic mass is 35.5. The van der Waals surface area contributed by atoms with Gasteiger partial charge in [-0.2, -0.15) is 5.10 Å². The predicted octanol–water partition coefficient (Wildman–Crippen LogP) is 2.22. The van der Waals surface area contributed by atoms with Crippen molar-refractivity contribution in [2.75, 3.05) is 18.9 Å². The number of sulfone groups is 1. The summed E-state index contributed by atoms with van der Waals surface area (Å²) in [5, 5.41) is 6.67. The molecule has 10 heteroatoms. The molecule has 8 nitrogen and oxygen atoms in total. The molecule has 27 heavy (non-hydrogen) atoms. The van der Waals surface area contributed by atoms with Gasteiger partial charge in [-0.15, -0.1) is 0 Å². The van der Waals surface area contributed by atoms with Crippen LogP contribution < -0.4 is 11.3 Å². The van der Waals surface area contributed by atoms with Gasteiger partial charge in [0.1, 0.15) is 16.2 Å². The summed E-state index contributed by atoms with van der Waals surface area (Å²) < 4.78 is 33.2. The quantitative estimate of drug-likeness (QED) is 0.576. The zero-order valence-electron chi connectivity index (χ0n) is 14.6. The highest BCUT2D eigenvalue weighted by Crippen LogP contribution is 2.34. The van der Waals surface area contributed by atoms with Gasteiger partial charge in [-0.3, -0.25) is 4.79 Å². The Labute approximate surface area is 160 Å². The lowest BCUT2D eigenvalue weighted by molar-refractivity contribution is 0.142. The topological polar surface area (TPSA) is 120 Å². The van der Waals surface area contributed by atoms with Crippen molar-refractivity contribution in [3.63, 3.8) is 0 Å². The lowest BCUT2D eigenvalue weighted by atomic mass is 10.3. The third kappa shape index (κ3) is 3.58. The van der Waals surface area contributed by atoms with Crippen LogP contribution >= 0.6 is 11.6 Å². The van der Waals surface area contributed by atoms with Crippen LogP contribution in [-0.4, -0.2) is 36.4 Å². The molecule has 0 radical (unpaired) electrons. The van der Waals surface area contributed by atoms with E-state index in [9.17, 15) is 13.2 Å². The summed E-state index contributed by atoms with van der Waals surface area (Å²) in [5.74, 6) is -0.00468. The van der Waals surface area contributed by atoms with E-state index in [0.29, 0.717) is 31.2 Å². The number of halogens is 1. The number of rotatable bonds is 7. The molecule has 3 rings (SSSR count). The number of fused-ring (bicyclic) bond motifs is 1. The molecule has 0 amide bonds. The number of hydrogen-bond donors (Lipinski definition) is 2. The molecule has 3 N–H and O–H groups in total. The van der Waals surface area contributed by atoms with Gasteiger partial charge < -0.3 is 15.0 Å². The van der Waals surface area contributed by atoms with Crippen LogP contribution in [0.2, 0.25) is 5.02 Å². The first-order chi connectivity index (χ1) is 12.9. The van der Waals surface area contributed by atoms with Crippen molar-refractivity contribution in [3.8, 4) is 0 Å². The molecule has 0 spiro atoms. The van der Waals surface area contributed by atoms with Gasteiger partial charge >= 0.3 is 0 Å². The van der Waals surface area contributed by atoms with Crippen molar-refractivity contribution in [2.45, 2.75) is 29.7 Å². The molecule has 0 aliphatic rings. The maximum atomic E-state index is 13.2. The Hall–Kier alpha value is -2.36. The van der Waals surface area contributed by atoms with Crippen LogP contribution in [0.25, 0.3) is 10.9 Å². The molecule has 2 heterocycles. The molecule has 0 atom stereocenters. The summed E-state index contributed by atoms with van der Waals surface area (Å²) in [5.41, 5.74) is 5.86. The second-order valence-corrected chi connectivity index (χ2v) is 8.16. The minimum atomic E-state index is -3.97. The van der Waals surface area contributed by atoms with Crippen LogP contribution in [0.5, 0.6) is 0 Å². The maximum absolute atomic E-state index is 13.2. The van der Waals surface area contributed by atoms with Crippen molar-refractivity contribution in [1.29, 1.82) is 0 Å². The van der Waals surface area contributed by atoms with E-state index in [1.807, 2.05) is 6.92 Å². The summed E-state index contributed by atoms with van der Waals surface area (Å²) in [6.45, 7) is 3.26. The molecule has 144 valence electrons. The molecule has 3 aromatic rings. The normalized spacial score (nSPS) is 11.9. The molecule has 0 saturated heterocycles. The number of nitrogens with one attached hydrogen (secondary N) is 1. The van der Waals surface area contributed by atoms with Gasteiger partial charge in [0.25, 0.3) is 5.56 Å². The van der Waals surface area contributed by atoms with Crippen LogP contribution in [0.4, 0.5) is 5.82 Å². The van der Waals surface area contributed by atoms with Crippen LogP contribution in [0, 0.1) is 0 Å². The van der Waals surface area contributed by atoms with Crippen LogP contribution in [-0.2, 0) is 21.1 Å². The number of aryl methyl sites for hydroxylation is 1. The van der Waals surface area contributed by atoms with Gasteiger partial charge in [0.2, 0.25) is 9.84 Å². The molecule has 0 saturated carbocycles. The average Bonchev–Trinajstić information content (AvgIpc) is 2.92. The zero-order chi connectivity index (χ0) is 19.6. The lowest BCUT2D eigenvalue weighted by Gasteiger charge is -2.08. The predicted molar refractivity (Wildman–Crippen MR) is 103 cm³/mol. The lowest BCUT2D eigenvalue weighted by Crippen LogP contribution is -2.14. The number of nitrogens with two attached hydrogens (primary N) is 1. The molecule has 0 bridgehead atoms. The van der Waals surface area contributed by atoms with Crippen LogP contribution in [0.1, 0.15) is 13.3 Å². The largest absolute Gasteiger partial charge is 0.384 e. The SMILES string of the molecule is CCOCCCn1c(N)c(S(=O)(=O)c2ccc(Cl)cc2)c2cn[nH]c(=O)c21. The minimum absolute atomic E-state index is 0.00468. The molecule has 1 aromatic carbocycles. The fourth-order valence-electron chi connectivity index (χ4n) is 2.92. The van der Waals surface area contributed by atoms with Crippen molar-refractivity contribution >= 4 is 38.2 Å². The molecule has 0 aliphatic heterocycles. The van der Waals surface area contributed by atoms with E-state index in [1.54, 1.807) is 0 Å². The summed E-state index contributed by atoms with van der Waals surface area (Å²) in [4.78, 5) is 12.2. The van der Waals surface area contributed by atoms with Gasteiger partial charge in [0.05, 0.1) is 11.1 Å². The van der Waals surface area contributed by atoms with Gasteiger partial charge in [-0.05, 0) is 37.6 Å². The number of aromatic amines is 1. The summed E-state index contributed by atoms with van der Waals surface area (Å²) in [6.07, 6.45) is 1.87. The third-order valence-corrected chi connectivity index (χ3v) is 6.25. The highest BCUT2D eigenvalue weighted by molar-refractivity contribution is 7.92. The van der Waals surface area contributed by atoms with Gasteiger partial charge in [-0.25, -0.2) is 13.5 Å². The van der Waals surface area contributed by atoms with E-state index in [4.69, 9.17) is 22.1 Å². The van der Waals surface area contributed by atoms with Crippen molar-refractivity contribution < 1.29 is 13.2 Å². The standard InChI is InChI=1S/C17H19ClN4O4S/c1-2-26-9-3-8-22-14-13(10-20-21-17(14)23)15(16(22)19)27(24,25)12-6-4-11(18)5-7-12/h4-7,10H,2-3,8-9,19H2,1H3,(H,21,23). The Morgan fingerprint density at radius 2 is 2.00 bits per heavy atom. The number of ether oxygens (including phenoxy) is 1. The molecule has 2 aromatic heterocycles. The monoisotopic (exact) mass is 410 g/mol. The molecule has 0 unspecified atom stereocenters. The Morgan fingerprint density at radius 1 is 1.30 bits per heavy atom. The fraction of sp³-hybridized carbons (Fsp3) is 0.294. The Morgan fingerprint density at radius 3 is 2.67 bits per heavy atom. The number of hydrogen-bond acceptors (Lipinski definition) is 6. The van der Waals surface area contributed by atoms with Crippen molar-refractivity contribution in [2.24, 2.45) is 0 Å². The minimum Gasteiger partial charge on any atom is -0.384 e. The second kappa shape index (κ2) is 7.71. The first-order valence-electron chi connectivity index (χ1n) is 8.31. The van der Waals surface area contributed by atoms with E-state index in [1.165, 1.54) is 35.0 Å². The number of anilines is 1. The van der Waals surface area contributed by atoms with E-state index >= 15 is 0 Å². The number of aromatic nitrogens is 3. The van der Waals surface area contributed by atoms with Gasteiger partial charge in [0.15, 0.2) is 0 Å². The Bertz CT molecular complexity index is 1120. The summed E-state index contributed by atoms with van der Waals surface area (Å²) in [7, 11) is -3.97. The van der Waals surface area contributed by atoms with E-state index < -0.39 is 15.4 Å². The molecule has 0 aliphatic carbocycles. The first-order valence-corrected chi connectivity index (χ1v) is 10.2. The fourth-order valence-corrected chi connectivity index (χ4v) is 4.60. The zero-order valence-corrected chi connectivity index (χ0v) is 16.2. The van der Waals surface area contributed by atoms with Crippen LogP contribution in [0.3, 0.4) is 0 Å². The second-order valence-electron chi connectivity index (χ2n) is 5.84. The van der Waals surface area contributed by atoms with E-state index in [-0.39, 0.29) is 26.5 Å². The Balaban J connectivity index is 2.18. The smallest absolute Gasteiger partial charge is 0.288 e. The van der Waals surface area contributed by atoms with E-state index in [0.717, 1.165) is 0 Å². The highest BCUT2D eigenvalue weighted by Gasteiger charge is 2.29. The van der Waals surface area contributed by atoms with Crippen molar-refractivity contribution in [3.05, 3.63) is 45.8 Å². The number of nitrogen functional groups attached to an aromatic ring is 1. The molecular weight excluding hydrogens is 392 g/mol. The average molecular weight is 411 g/mol. The number of benzene rings is 1. The van der Waals surface area contributed by atoms with Crippen LogP contribution in [0.15, 0.2) is 45.0 Å². The van der Waals surface area contributed by atoms with Gasteiger partial charge in [-0.1, -0.05) is 11.6 Å². The van der Waals surface area contributed by atoms with Gasteiger partial charge in [0, 0.05) is 30.2 Å². The third-order valence-electron chi connectivity index (χ3n) is 4.14. The molecular formula is C17H19ClN4O4S. The number of H-pyrrole nitrogens is 1. The molecule has 0 fully saturated rings.